The van der Waals surface area contributed by atoms with E-state index in [1.165, 1.54) is 6.92 Å². The summed E-state index contributed by atoms with van der Waals surface area (Å²) in [6.45, 7) is 3.44. The van der Waals surface area contributed by atoms with E-state index >= 15 is 0 Å². The molecule has 0 bridgehead atoms. The number of amides is 1. The van der Waals surface area contributed by atoms with Gasteiger partial charge in [0.15, 0.2) is 5.78 Å². The molecule has 2 rings (SSSR count). The van der Waals surface area contributed by atoms with Gasteiger partial charge in [-0.25, -0.2) is 0 Å². The number of hydrogen-bond acceptors (Lipinski definition) is 3. The van der Waals surface area contributed by atoms with Crippen LogP contribution in [0.5, 0.6) is 0 Å². The van der Waals surface area contributed by atoms with Gasteiger partial charge in [-0.15, -0.1) is 0 Å². The van der Waals surface area contributed by atoms with Crippen molar-refractivity contribution in [3.63, 3.8) is 0 Å². The van der Waals surface area contributed by atoms with Gasteiger partial charge in [0.1, 0.15) is 0 Å². The largest absolute Gasteiger partial charge is 0.327 e. The molecule has 4 nitrogen and oxygen atoms in total. The van der Waals surface area contributed by atoms with Crippen LogP contribution in [0.1, 0.15) is 43.5 Å². The lowest BCUT2D eigenvalue weighted by molar-refractivity contribution is -0.125. The summed E-state index contributed by atoms with van der Waals surface area (Å²) in [5.41, 5.74) is 6.88. The maximum absolute atomic E-state index is 12.3. The van der Waals surface area contributed by atoms with Gasteiger partial charge >= 0.3 is 0 Å². The van der Waals surface area contributed by atoms with E-state index < -0.39 is 5.41 Å². The number of rotatable bonds is 3. The highest BCUT2D eigenvalue weighted by molar-refractivity contribution is 5.97. The summed E-state index contributed by atoms with van der Waals surface area (Å²) in [5, 5.41) is 2.89. The Bertz CT molecular complexity index is 495. The van der Waals surface area contributed by atoms with E-state index in [1.807, 2.05) is 6.92 Å². The molecule has 4 heteroatoms. The number of hydrogen-bond donors (Lipinski definition) is 2. The molecule has 1 aliphatic carbocycles. The predicted molar refractivity (Wildman–Crippen MR) is 75.0 cm³/mol. The van der Waals surface area contributed by atoms with Gasteiger partial charge in [-0.1, -0.05) is 6.42 Å². The summed E-state index contributed by atoms with van der Waals surface area (Å²) in [4.78, 5) is 23.5. The van der Waals surface area contributed by atoms with Crippen molar-refractivity contribution in [1.82, 2.24) is 0 Å². The zero-order valence-electron chi connectivity index (χ0n) is 11.4. The second kappa shape index (κ2) is 5.13. The second-order valence-corrected chi connectivity index (χ2v) is 5.50. The summed E-state index contributed by atoms with van der Waals surface area (Å²) < 4.78 is 0. The van der Waals surface area contributed by atoms with Crippen LogP contribution >= 0.6 is 0 Å². The second-order valence-electron chi connectivity index (χ2n) is 5.50. The van der Waals surface area contributed by atoms with Crippen LogP contribution in [0.15, 0.2) is 24.3 Å². The number of benzene rings is 1. The molecule has 102 valence electrons. The lowest BCUT2D eigenvalue weighted by Crippen LogP contribution is -2.44. The molecule has 0 saturated heterocycles. The van der Waals surface area contributed by atoms with E-state index in [0.717, 1.165) is 19.3 Å². The summed E-state index contributed by atoms with van der Waals surface area (Å²) in [7, 11) is 0. The Morgan fingerprint density at radius 1 is 1.32 bits per heavy atom. The molecule has 0 radical (unpaired) electrons. The van der Waals surface area contributed by atoms with Crippen LogP contribution in [0.4, 0.5) is 5.69 Å². The Balaban J connectivity index is 2.09. The Labute approximate surface area is 113 Å². The first-order chi connectivity index (χ1) is 8.93. The van der Waals surface area contributed by atoms with E-state index in [-0.39, 0.29) is 17.7 Å². The maximum atomic E-state index is 12.3. The normalized spacial score (nSPS) is 26.2. The van der Waals surface area contributed by atoms with Crippen molar-refractivity contribution in [2.24, 2.45) is 11.1 Å². The van der Waals surface area contributed by atoms with E-state index in [9.17, 15) is 9.59 Å². The van der Waals surface area contributed by atoms with Crippen LogP contribution in [-0.2, 0) is 4.79 Å². The van der Waals surface area contributed by atoms with E-state index in [0.29, 0.717) is 11.3 Å². The monoisotopic (exact) mass is 260 g/mol. The summed E-state index contributed by atoms with van der Waals surface area (Å²) >= 11 is 0. The number of carbonyl (C=O) groups is 2. The minimum absolute atomic E-state index is 0.0163. The van der Waals surface area contributed by atoms with Gasteiger partial charge in [-0.3, -0.25) is 9.59 Å². The molecule has 0 aromatic heterocycles. The minimum atomic E-state index is -0.487. The van der Waals surface area contributed by atoms with Crippen molar-refractivity contribution >= 4 is 17.4 Å². The Morgan fingerprint density at radius 2 is 1.95 bits per heavy atom. The smallest absolute Gasteiger partial charge is 0.231 e. The van der Waals surface area contributed by atoms with Crippen molar-refractivity contribution < 1.29 is 9.59 Å². The van der Waals surface area contributed by atoms with Crippen LogP contribution in [0.3, 0.4) is 0 Å². The molecule has 1 aromatic rings. The highest BCUT2D eigenvalue weighted by atomic mass is 16.2. The fourth-order valence-electron chi connectivity index (χ4n) is 2.54. The Hall–Kier alpha value is -1.68. The maximum Gasteiger partial charge on any atom is 0.231 e. The number of anilines is 1. The lowest BCUT2D eigenvalue weighted by atomic mass is 9.84. The highest BCUT2D eigenvalue weighted by Crippen LogP contribution is 2.37. The van der Waals surface area contributed by atoms with Gasteiger partial charge in [-0.2, -0.15) is 0 Å². The van der Waals surface area contributed by atoms with Crippen LogP contribution in [0.2, 0.25) is 0 Å². The first-order valence-electron chi connectivity index (χ1n) is 6.61. The van der Waals surface area contributed by atoms with Gasteiger partial charge in [0.05, 0.1) is 5.41 Å². The van der Waals surface area contributed by atoms with Crippen molar-refractivity contribution in [2.75, 3.05) is 5.32 Å². The fraction of sp³-hybridized carbons (Fsp3) is 0.467. The molecular formula is C15H20N2O2. The van der Waals surface area contributed by atoms with Gasteiger partial charge in [0.2, 0.25) is 5.91 Å². The molecule has 1 aliphatic rings. The van der Waals surface area contributed by atoms with Crippen molar-refractivity contribution in [3.8, 4) is 0 Å². The molecule has 2 unspecified atom stereocenters. The Morgan fingerprint density at radius 3 is 2.42 bits per heavy atom. The summed E-state index contributed by atoms with van der Waals surface area (Å²) in [6.07, 6.45) is 2.72. The van der Waals surface area contributed by atoms with Crippen LogP contribution in [0, 0.1) is 5.41 Å². The molecule has 0 spiro atoms. The molecule has 2 atom stereocenters. The van der Waals surface area contributed by atoms with Crippen LogP contribution in [-0.4, -0.2) is 17.7 Å². The van der Waals surface area contributed by atoms with Crippen molar-refractivity contribution in [3.05, 3.63) is 29.8 Å². The summed E-state index contributed by atoms with van der Waals surface area (Å²) in [5.74, 6) is -0.0178. The first kappa shape index (κ1) is 13.7. The highest BCUT2D eigenvalue weighted by Gasteiger charge is 2.42. The fourth-order valence-corrected chi connectivity index (χ4v) is 2.54. The molecule has 0 heterocycles. The van der Waals surface area contributed by atoms with Gasteiger partial charge in [-0.05, 0) is 51.0 Å². The third-order valence-electron chi connectivity index (χ3n) is 4.10. The topological polar surface area (TPSA) is 72.2 Å². The minimum Gasteiger partial charge on any atom is -0.327 e. The van der Waals surface area contributed by atoms with Gasteiger partial charge in [0.25, 0.3) is 0 Å². The number of nitrogens with one attached hydrogen (secondary N) is 1. The molecule has 0 aliphatic heterocycles. The molecule has 1 saturated carbocycles. The zero-order chi connectivity index (χ0) is 14.0. The van der Waals surface area contributed by atoms with Crippen LogP contribution < -0.4 is 11.1 Å². The number of nitrogens with two attached hydrogens (primary N) is 1. The quantitative estimate of drug-likeness (QED) is 0.819. The SMILES string of the molecule is CC(=O)c1ccc(NC(=O)C2(C)CCCC2N)cc1. The molecule has 19 heavy (non-hydrogen) atoms. The average molecular weight is 260 g/mol. The molecule has 1 amide bonds. The van der Waals surface area contributed by atoms with E-state index in [1.54, 1.807) is 24.3 Å². The molecule has 3 N–H and O–H groups in total. The number of Topliss-reactive ketones (excluding diaryl/α,β-unsaturated/α-hetero) is 1. The predicted octanol–water partition coefficient (Wildman–Crippen LogP) is 2.35. The molecule has 1 fully saturated rings. The first-order valence-corrected chi connectivity index (χ1v) is 6.61. The van der Waals surface area contributed by atoms with Gasteiger partial charge in [0, 0.05) is 17.3 Å². The molecule has 1 aromatic carbocycles. The average Bonchev–Trinajstić information content (AvgIpc) is 2.71. The van der Waals surface area contributed by atoms with Crippen LogP contribution in [0.25, 0.3) is 0 Å². The molecular weight excluding hydrogens is 240 g/mol. The zero-order valence-corrected chi connectivity index (χ0v) is 11.4. The van der Waals surface area contributed by atoms with Crippen molar-refractivity contribution in [1.29, 1.82) is 0 Å². The van der Waals surface area contributed by atoms with E-state index in [2.05, 4.69) is 5.32 Å². The Kier molecular flexibility index (Phi) is 3.71. The third-order valence-corrected chi connectivity index (χ3v) is 4.10. The number of carbonyl (C=O) groups excluding carboxylic acids is 2. The lowest BCUT2D eigenvalue weighted by Gasteiger charge is -2.27. The van der Waals surface area contributed by atoms with Crippen molar-refractivity contribution in [2.45, 2.75) is 39.2 Å². The van der Waals surface area contributed by atoms with E-state index in [4.69, 9.17) is 5.73 Å². The third kappa shape index (κ3) is 2.68. The number of ketones is 1. The van der Waals surface area contributed by atoms with Gasteiger partial charge < -0.3 is 11.1 Å². The standard InChI is InChI=1S/C15H20N2O2/c1-10(18)11-5-7-12(8-6-11)17-14(19)15(2)9-3-4-13(15)16/h5-8,13H,3-4,9,16H2,1-2H3,(H,17,19). The summed E-state index contributed by atoms with van der Waals surface area (Å²) in [6, 6.07) is 6.85.